The number of sulfonamides is 1. The maximum Gasteiger partial charge on any atom is 0.303 e. The second-order valence-corrected chi connectivity index (χ2v) is 7.79. The van der Waals surface area contributed by atoms with Crippen molar-refractivity contribution in [1.82, 2.24) is 4.31 Å². The first-order valence-electron chi connectivity index (χ1n) is 6.47. The molecule has 1 atom stereocenters. The van der Waals surface area contributed by atoms with Gasteiger partial charge in [0.25, 0.3) is 0 Å². The molecule has 0 radical (unpaired) electrons. The number of carboxylic acid groups (broad SMARTS) is 1. The van der Waals surface area contributed by atoms with Gasteiger partial charge in [0.1, 0.15) is 5.82 Å². The molecule has 0 saturated carbocycles. The third-order valence-corrected chi connectivity index (χ3v) is 6.37. The van der Waals surface area contributed by atoms with Gasteiger partial charge in [-0.15, -0.1) is 0 Å². The lowest BCUT2D eigenvalue weighted by atomic mass is 10.0. The highest BCUT2D eigenvalue weighted by molar-refractivity contribution is 9.10. The third kappa shape index (κ3) is 3.81. The van der Waals surface area contributed by atoms with Crippen molar-refractivity contribution in [2.24, 2.45) is 5.92 Å². The van der Waals surface area contributed by atoms with Crippen LogP contribution in [0.4, 0.5) is 4.39 Å². The number of benzene rings is 1. The number of hydrogen-bond donors (Lipinski definition) is 1. The Morgan fingerprint density at radius 3 is 2.81 bits per heavy atom. The predicted molar refractivity (Wildman–Crippen MR) is 77.8 cm³/mol. The minimum Gasteiger partial charge on any atom is -0.481 e. The highest BCUT2D eigenvalue weighted by Crippen LogP contribution is 2.30. The number of hydrogen-bond acceptors (Lipinski definition) is 3. The second kappa shape index (κ2) is 6.41. The maximum absolute atomic E-state index is 13.1. The first-order valence-corrected chi connectivity index (χ1v) is 8.71. The molecule has 0 spiro atoms. The van der Waals surface area contributed by atoms with Crippen molar-refractivity contribution in [3.05, 3.63) is 28.5 Å². The molecule has 0 aromatic heterocycles. The Kier molecular flexibility index (Phi) is 5.00. The maximum atomic E-state index is 13.1. The van der Waals surface area contributed by atoms with Gasteiger partial charge >= 0.3 is 5.97 Å². The van der Waals surface area contributed by atoms with Crippen LogP contribution in [0.3, 0.4) is 0 Å². The Hall–Kier alpha value is -0.990. The van der Waals surface area contributed by atoms with E-state index in [1.54, 1.807) is 0 Å². The van der Waals surface area contributed by atoms with Crippen LogP contribution in [0, 0.1) is 11.7 Å². The Bertz CT molecular complexity index is 650. The van der Waals surface area contributed by atoms with E-state index in [1.807, 2.05) is 0 Å². The van der Waals surface area contributed by atoms with Crippen LogP contribution in [0.1, 0.15) is 19.3 Å². The highest BCUT2D eigenvalue weighted by atomic mass is 79.9. The zero-order chi connectivity index (χ0) is 15.6. The number of carboxylic acids is 1. The summed E-state index contributed by atoms with van der Waals surface area (Å²) in [5.74, 6) is -1.34. The first-order chi connectivity index (χ1) is 9.80. The van der Waals surface area contributed by atoms with E-state index in [0.717, 1.165) is 12.1 Å². The Labute approximate surface area is 130 Å². The summed E-state index contributed by atoms with van der Waals surface area (Å²) in [4.78, 5) is 10.6. The molecule has 116 valence electrons. The monoisotopic (exact) mass is 379 g/mol. The standard InChI is InChI=1S/C13H15BrFNO4S/c14-11-7-10(15)2-3-12(11)21(19,20)16-6-5-9(8-16)1-4-13(17)18/h2-3,7,9H,1,4-6,8H2,(H,17,18). The summed E-state index contributed by atoms with van der Waals surface area (Å²) < 4.78 is 39.6. The summed E-state index contributed by atoms with van der Waals surface area (Å²) in [7, 11) is -3.69. The van der Waals surface area contributed by atoms with E-state index in [0.29, 0.717) is 25.9 Å². The van der Waals surface area contributed by atoms with E-state index in [1.165, 1.54) is 10.4 Å². The molecule has 0 aliphatic carbocycles. The van der Waals surface area contributed by atoms with Gasteiger partial charge in [0.2, 0.25) is 10.0 Å². The number of halogens is 2. The summed E-state index contributed by atoms with van der Waals surface area (Å²) in [6, 6.07) is 3.46. The normalized spacial score (nSPS) is 19.8. The first kappa shape index (κ1) is 16.4. The minimum atomic E-state index is -3.69. The fourth-order valence-electron chi connectivity index (χ4n) is 2.40. The molecule has 2 rings (SSSR count). The lowest BCUT2D eigenvalue weighted by Crippen LogP contribution is -2.29. The van der Waals surface area contributed by atoms with Gasteiger partial charge in [0.15, 0.2) is 0 Å². The van der Waals surface area contributed by atoms with Gasteiger partial charge in [-0.25, -0.2) is 12.8 Å². The number of rotatable bonds is 5. The zero-order valence-corrected chi connectivity index (χ0v) is 13.5. The average Bonchev–Trinajstić information content (AvgIpc) is 2.85. The number of aliphatic carboxylic acids is 1. The molecule has 1 saturated heterocycles. The summed E-state index contributed by atoms with van der Waals surface area (Å²) in [6.07, 6.45) is 1.15. The Morgan fingerprint density at radius 1 is 1.48 bits per heavy atom. The number of carbonyl (C=O) groups is 1. The lowest BCUT2D eigenvalue weighted by molar-refractivity contribution is -0.137. The van der Waals surface area contributed by atoms with Crippen LogP contribution < -0.4 is 0 Å². The molecule has 1 fully saturated rings. The van der Waals surface area contributed by atoms with E-state index in [2.05, 4.69) is 15.9 Å². The van der Waals surface area contributed by atoms with E-state index in [4.69, 9.17) is 5.11 Å². The van der Waals surface area contributed by atoms with Crippen molar-refractivity contribution < 1.29 is 22.7 Å². The predicted octanol–water partition coefficient (Wildman–Crippen LogP) is 2.46. The largest absolute Gasteiger partial charge is 0.481 e. The van der Waals surface area contributed by atoms with Gasteiger partial charge in [-0.1, -0.05) is 0 Å². The summed E-state index contributed by atoms with van der Waals surface area (Å²) in [5.41, 5.74) is 0. The molecule has 1 N–H and O–H groups in total. The van der Waals surface area contributed by atoms with Crippen LogP contribution in [-0.4, -0.2) is 36.9 Å². The molecule has 0 amide bonds. The van der Waals surface area contributed by atoms with Crippen molar-refractivity contribution in [2.45, 2.75) is 24.2 Å². The highest BCUT2D eigenvalue weighted by Gasteiger charge is 2.33. The molecule has 0 bridgehead atoms. The summed E-state index contributed by atoms with van der Waals surface area (Å²) in [5, 5.41) is 8.67. The number of nitrogens with zero attached hydrogens (tertiary/aromatic N) is 1. The SMILES string of the molecule is O=C(O)CCC1CCN(S(=O)(=O)c2ccc(F)cc2Br)C1. The van der Waals surface area contributed by atoms with Crippen LogP contribution in [-0.2, 0) is 14.8 Å². The fourth-order valence-corrected chi connectivity index (χ4v) is 4.94. The molecular formula is C13H15BrFNO4S. The van der Waals surface area contributed by atoms with E-state index >= 15 is 0 Å². The molecule has 8 heteroatoms. The minimum absolute atomic E-state index is 0.0304. The van der Waals surface area contributed by atoms with Crippen LogP contribution in [0.25, 0.3) is 0 Å². The summed E-state index contributed by atoms with van der Waals surface area (Å²) in [6.45, 7) is 0.663. The van der Waals surface area contributed by atoms with Crippen molar-refractivity contribution >= 4 is 31.9 Å². The fraction of sp³-hybridized carbons (Fsp3) is 0.462. The van der Waals surface area contributed by atoms with Gasteiger partial charge in [0.05, 0.1) is 4.90 Å². The van der Waals surface area contributed by atoms with Gasteiger partial charge in [-0.05, 0) is 52.9 Å². The average molecular weight is 380 g/mol. The Balaban J connectivity index is 2.12. The van der Waals surface area contributed by atoms with Crippen molar-refractivity contribution in [1.29, 1.82) is 0 Å². The lowest BCUT2D eigenvalue weighted by Gasteiger charge is -2.17. The van der Waals surface area contributed by atoms with Gasteiger partial charge in [-0.2, -0.15) is 4.31 Å². The van der Waals surface area contributed by atoms with Crippen LogP contribution in [0.5, 0.6) is 0 Å². The van der Waals surface area contributed by atoms with Crippen molar-refractivity contribution in [2.75, 3.05) is 13.1 Å². The van der Waals surface area contributed by atoms with E-state index in [9.17, 15) is 17.6 Å². The second-order valence-electron chi connectivity index (χ2n) is 5.02. The van der Waals surface area contributed by atoms with E-state index < -0.39 is 21.8 Å². The molecule has 1 heterocycles. The van der Waals surface area contributed by atoms with Gasteiger partial charge in [0, 0.05) is 24.0 Å². The van der Waals surface area contributed by atoms with Crippen molar-refractivity contribution in [3.8, 4) is 0 Å². The molecule has 1 unspecified atom stereocenters. The van der Waals surface area contributed by atoms with Crippen LogP contribution >= 0.6 is 15.9 Å². The smallest absolute Gasteiger partial charge is 0.303 e. The molecule has 1 aliphatic heterocycles. The molecule has 1 aliphatic rings. The zero-order valence-electron chi connectivity index (χ0n) is 11.1. The third-order valence-electron chi connectivity index (χ3n) is 3.53. The van der Waals surface area contributed by atoms with Gasteiger partial charge in [-0.3, -0.25) is 4.79 Å². The van der Waals surface area contributed by atoms with Crippen molar-refractivity contribution in [3.63, 3.8) is 0 Å². The summed E-state index contributed by atoms with van der Waals surface area (Å²) >= 11 is 3.07. The quantitative estimate of drug-likeness (QED) is 0.852. The Morgan fingerprint density at radius 2 is 2.19 bits per heavy atom. The molecule has 1 aromatic carbocycles. The molecule has 21 heavy (non-hydrogen) atoms. The van der Waals surface area contributed by atoms with Gasteiger partial charge < -0.3 is 5.11 Å². The topological polar surface area (TPSA) is 74.7 Å². The van der Waals surface area contributed by atoms with Crippen LogP contribution in [0.15, 0.2) is 27.6 Å². The molecular weight excluding hydrogens is 365 g/mol. The molecule has 1 aromatic rings. The van der Waals surface area contributed by atoms with E-state index in [-0.39, 0.29) is 21.7 Å². The molecule has 5 nitrogen and oxygen atoms in total. The van der Waals surface area contributed by atoms with Crippen LogP contribution in [0.2, 0.25) is 0 Å².